The van der Waals surface area contributed by atoms with Gasteiger partial charge in [-0.05, 0) is 67.1 Å². The van der Waals surface area contributed by atoms with E-state index >= 15 is 0 Å². The Balaban J connectivity index is 1.49. The number of sulfone groups is 1. The Morgan fingerprint density at radius 3 is 2.57 bits per heavy atom. The van der Waals surface area contributed by atoms with Crippen LogP contribution in [0, 0.1) is 12.3 Å². The molecule has 0 atom stereocenters. The van der Waals surface area contributed by atoms with E-state index in [4.69, 9.17) is 19.6 Å². The summed E-state index contributed by atoms with van der Waals surface area (Å²) in [7, 11) is -3.59. The molecule has 1 N–H and O–H groups in total. The smallest absolute Gasteiger partial charge is 0.283 e. The SMILES string of the molecule is CCOc1cc(/C=C2\C(=N)N3N=C(S(=O)(=O)CC)SC3=NC2=O)ccc1OCCOc1cccc(C)c1. The van der Waals surface area contributed by atoms with E-state index in [0.29, 0.717) is 36.9 Å². The van der Waals surface area contributed by atoms with Crippen molar-refractivity contribution in [2.45, 2.75) is 20.8 Å². The number of aryl methyl sites for hydroxylation is 1. The predicted octanol–water partition coefficient (Wildman–Crippen LogP) is 3.86. The highest BCUT2D eigenvalue weighted by Crippen LogP contribution is 2.32. The number of carbonyl (C=O) groups is 1. The number of ether oxygens (including phenoxy) is 3. The minimum absolute atomic E-state index is 0.0223. The van der Waals surface area contributed by atoms with Crippen molar-refractivity contribution in [1.29, 1.82) is 5.41 Å². The van der Waals surface area contributed by atoms with Crippen molar-refractivity contribution in [3.63, 3.8) is 0 Å². The molecule has 0 aromatic heterocycles. The highest BCUT2D eigenvalue weighted by atomic mass is 32.3. The van der Waals surface area contributed by atoms with E-state index in [1.165, 1.54) is 13.0 Å². The molecule has 4 rings (SSSR count). The lowest BCUT2D eigenvalue weighted by Gasteiger charge is -2.20. The number of amides is 1. The number of hydrogen-bond donors (Lipinski definition) is 1. The molecule has 2 aliphatic rings. The Kier molecular flexibility index (Phi) is 7.98. The standard InChI is InChI=1S/C25H26N4O6S2/c1-4-33-21-15-17(9-10-20(21)35-12-11-34-18-8-6-7-16(3)13-18)14-19-22(26)29-24(27-23(19)30)36-25(28-29)37(31,32)5-2/h6-10,13-15,26H,4-5,11-12H2,1-3H3/b19-14+,26-22?. The molecule has 0 spiro atoms. The first kappa shape index (κ1) is 26.4. The minimum Gasteiger partial charge on any atom is -0.490 e. The van der Waals surface area contributed by atoms with Gasteiger partial charge in [0.2, 0.25) is 19.4 Å². The fourth-order valence-electron chi connectivity index (χ4n) is 3.41. The molecule has 12 heteroatoms. The number of nitrogens with zero attached hydrogens (tertiary/aromatic N) is 3. The van der Waals surface area contributed by atoms with Gasteiger partial charge in [-0.1, -0.05) is 25.1 Å². The van der Waals surface area contributed by atoms with E-state index in [0.717, 1.165) is 28.1 Å². The molecule has 0 radical (unpaired) electrons. The zero-order chi connectivity index (χ0) is 26.6. The lowest BCUT2D eigenvalue weighted by molar-refractivity contribution is -0.114. The van der Waals surface area contributed by atoms with Crippen LogP contribution >= 0.6 is 11.8 Å². The normalized spacial score (nSPS) is 16.4. The molecule has 0 fully saturated rings. The van der Waals surface area contributed by atoms with Gasteiger partial charge >= 0.3 is 0 Å². The van der Waals surface area contributed by atoms with Crippen LogP contribution in [-0.4, -0.2) is 60.3 Å². The molecule has 0 saturated carbocycles. The van der Waals surface area contributed by atoms with Gasteiger partial charge in [-0.15, -0.1) is 5.10 Å². The number of thioether (sulfide) groups is 1. The Hall–Kier alpha value is -3.64. The first-order chi connectivity index (χ1) is 17.7. The van der Waals surface area contributed by atoms with Crippen LogP contribution in [0.4, 0.5) is 0 Å². The van der Waals surface area contributed by atoms with Gasteiger partial charge in [-0.2, -0.15) is 10.0 Å². The summed E-state index contributed by atoms with van der Waals surface area (Å²) in [6, 6.07) is 12.9. The van der Waals surface area contributed by atoms with Crippen molar-refractivity contribution >= 4 is 49.0 Å². The van der Waals surface area contributed by atoms with Crippen molar-refractivity contribution in [2.75, 3.05) is 25.6 Å². The lowest BCUT2D eigenvalue weighted by Crippen LogP contribution is -2.35. The van der Waals surface area contributed by atoms with Crippen LogP contribution in [0.3, 0.4) is 0 Å². The van der Waals surface area contributed by atoms with Crippen molar-refractivity contribution in [2.24, 2.45) is 10.1 Å². The van der Waals surface area contributed by atoms with Crippen LogP contribution in [0.2, 0.25) is 0 Å². The summed E-state index contributed by atoms with van der Waals surface area (Å²) < 4.78 is 41.5. The molecule has 0 bridgehead atoms. The van der Waals surface area contributed by atoms with E-state index in [1.807, 2.05) is 38.1 Å². The van der Waals surface area contributed by atoms with E-state index in [1.54, 1.807) is 18.2 Å². The van der Waals surface area contributed by atoms with Crippen molar-refractivity contribution in [1.82, 2.24) is 5.01 Å². The molecule has 0 aliphatic carbocycles. The van der Waals surface area contributed by atoms with Gasteiger partial charge in [0.05, 0.1) is 17.9 Å². The average molecular weight is 543 g/mol. The summed E-state index contributed by atoms with van der Waals surface area (Å²) in [4.78, 5) is 16.6. The second-order valence-corrected chi connectivity index (χ2v) is 11.3. The molecule has 37 heavy (non-hydrogen) atoms. The van der Waals surface area contributed by atoms with E-state index in [9.17, 15) is 13.2 Å². The summed E-state index contributed by atoms with van der Waals surface area (Å²) in [6.45, 7) is 6.37. The van der Waals surface area contributed by atoms with Gasteiger partial charge in [0.15, 0.2) is 17.3 Å². The third-order valence-corrected chi connectivity index (χ3v) is 8.35. The Bertz CT molecular complexity index is 1430. The van der Waals surface area contributed by atoms with Crippen LogP contribution in [0.25, 0.3) is 6.08 Å². The van der Waals surface area contributed by atoms with Gasteiger partial charge < -0.3 is 14.2 Å². The number of aliphatic imine (C=N–C) groups is 1. The molecular formula is C25H26N4O6S2. The predicted molar refractivity (Wildman–Crippen MR) is 144 cm³/mol. The maximum atomic E-state index is 12.7. The van der Waals surface area contributed by atoms with Crippen molar-refractivity contribution < 1.29 is 27.4 Å². The van der Waals surface area contributed by atoms with Crippen molar-refractivity contribution in [3.05, 3.63) is 59.2 Å². The van der Waals surface area contributed by atoms with Crippen LogP contribution in [0.5, 0.6) is 17.2 Å². The second kappa shape index (κ2) is 11.2. The van der Waals surface area contributed by atoms with Gasteiger partial charge in [0, 0.05) is 0 Å². The summed E-state index contributed by atoms with van der Waals surface area (Å²) in [5.41, 5.74) is 1.66. The first-order valence-corrected chi connectivity index (χ1v) is 14.0. The molecule has 1 amide bonds. The zero-order valence-corrected chi connectivity index (χ0v) is 22.2. The number of benzene rings is 2. The Morgan fingerprint density at radius 2 is 1.84 bits per heavy atom. The van der Waals surface area contributed by atoms with Crippen LogP contribution in [0.15, 0.2) is 58.1 Å². The number of rotatable bonds is 9. The fourth-order valence-corrected chi connectivity index (χ4v) is 5.57. The maximum Gasteiger partial charge on any atom is 0.283 e. The van der Waals surface area contributed by atoms with E-state index in [-0.39, 0.29) is 26.7 Å². The maximum absolute atomic E-state index is 12.7. The van der Waals surface area contributed by atoms with E-state index < -0.39 is 15.7 Å². The molecule has 2 aromatic carbocycles. The summed E-state index contributed by atoms with van der Waals surface area (Å²) >= 11 is 0.764. The number of nitrogens with one attached hydrogen (secondary N) is 1. The van der Waals surface area contributed by atoms with Gasteiger partial charge in [0.1, 0.15) is 19.0 Å². The number of amidine groups is 2. The molecule has 2 heterocycles. The summed E-state index contributed by atoms with van der Waals surface area (Å²) in [5.74, 6) is 0.697. The minimum atomic E-state index is -3.59. The van der Waals surface area contributed by atoms with E-state index in [2.05, 4.69) is 10.1 Å². The monoisotopic (exact) mass is 542 g/mol. The average Bonchev–Trinajstić information content (AvgIpc) is 3.31. The molecule has 2 aliphatic heterocycles. The number of fused-ring (bicyclic) bond motifs is 1. The van der Waals surface area contributed by atoms with Gasteiger partial charge in [0.25, 0.3) is 5.91 Å². The molecule has 0 unspecified atom stereocenters. The molecular weight excluding hydrogens is 516 g/mol. The van der Waals surface area contributed by atoms with Crippen molar-refractivity contribution in [3.8, 4) is 17.2 Å². The summed E-state index contributed by atoms with van der Waals surface area (Å²) in [5, 5.41) is 13.6. The third-order valence-electron chi connectivity index (χ3n) is 5.26. The van der Waals surface area contributed by atoms with Gasteiger partial charge in [-0.3, -0.25) is 10.2 Å². The molecule has 0 saturated heterocycles. The Morgan fingerprint density at radius 1 is 1.05 bits per heavy atom. The number of hydrazone groups is 1. The van der Waals surface area contributed by atoms with Crippen LogP contribution in [-0.2, 0) is 14.6 Å². The lowest BCUT2D eigenvalue weighted by atomic mass is 10.1. The fraction of sp³-hybridized carbons (Fsp3) is 0.280. The Labute approximate surface area is 219 Å². The second-order valence-electron chi connectivity index (χ2n) is 7.94. The quantitative estimate of drug-likeness (QED) is 0.373. The van der Waals surface area contributed by atoms with Crippen LogP contribution in [0.1, 0.15) is 25.0 Å². The number of hydrogen-bond acceptors (Lipinski definition) is 9. The third kappa shape index (κ3) is 6.03. The zero-order valence-electron chi connectivity index (χ0n) is 20.6. The summed E-state index contributed by atoms with van der Waals surface area (Å²) in [6.07, 6.45) is 1.49. The molecule has 10 nitrogen and oxygen atoms in total. The topological polar surface area (TPSA) is 131 Å². The highest BCUT2D eigenvalue weighted by molar-refractivity contribution is 8.42. The first-order valence-electron chi connectivity index (χ1n) is 11.5. The van der Waals surface area contributed by atoms with Gasteiger partial charge in [-0.25, -0.2) is 8.42 Å². The molecule has 2 aromatic rings. The largest absolute Gasteiger partial charge is 0.490 e. The highest BCUT2D eigenvalue weighted by Gasteiger charge is 2.39. The van der Waals surface area contributed by atoms with Crippen LogP contribution < -0.4 is 14.2 Å². The number of carbonyl (C=O) groups excluding carboxylic acids is 1. The molecule has 194 valence electrons.